The number of hydrogen-bond donors (Lipinski definition) is 0. The molecule has 66 heavy (non-hydrogen) atoms. The van der Waals surface area contributed by atoms with Gasteiger partial charge in [-0.3, -0.25) is 0 Å². The van der Waals surface area contributed by atoms with Gasteiger partial charge in [0.15, 0.2) is 0 Å². The maximum Gasteiger partial charge on any atom is 0.333 e. The fourth-order valence-electron chi connectivity index (χ4n) is 11.6. The lowest BCUT2D eigenvalue weighted by Gasteiger charge is -2.35. The summed E-state index contributed by atoms with van der Waals surface area (Å²) in [7, 11) is 0. The topological polar surface area (TPSA) is 9.86 Å². The molecule has 0 bridgehead atoms. The van der Waals surface area contributed by atoms with Gasteiger partial charge in [0.2, 0.25) is 0 Å². The third-order valence-electron chi connectivity index (χ3n) is 15.4. The standard InChI is InChI=1S/C63H61BN2/c1-36-18-14-16-20-45(36)40-29-51-56-46-21-17-15-19-37(46)22-24-54(56)65-55-31-39(38-26-42(61(5,6)7)32-43(27-38)62(8,9)10)28-48-50-35-44(63(11,12)13)34-49-47-33-41(60(2,3)4)23-25-53(47)66(58(49)50)64(57(48)55)52(30-40)59(51)65/h14-35H,1-13H3. The van der Waals surface area contributed by atoms with Gasteiger partial charge in [-0.1, -0.05) is 168 Å². The summed E-state index contributed by atoms with van der Waals surface area (Å²) in [6.45, 7) is 30.5. The van der Waals surface area contributed by atoms with E-state index in [-0.39, 0.29) is 28.5 Å². The predicted octanol–water partition coefficient (Wildman–Crippen LogP) is 15.8. The first-order valence-electron chi connectivity index (χ1n) is 24.2. The minimum atomic E-state index is -0.0587. The van der Waals surface area contributed by atoms with Crippen LogP contribution < -0.4 is 10.9 Å². The molecule has 2 nitrogen and oxygen atoms in total. The van der Waals surface area contributed by atoms with Crippen molar-refractivity contribution in [3.63, 3.8) is 0 Å². The van der Waals surface area contributed by atoms with Crippen molar-refractivity contribution in [1.82, 2.24) is 9.05 Å². The summed E-state index contributed by atoms with van der Waals surface area (Å²) in [6, 6.07) is 52.8. The van der Waals surface area contributed by atoms with Crippen LogP contribution in [0.1, 0.15) is 111 Å². The Kier molecular flexibility index (Phi) is 8.36. The Labute approximate surface area is 391 Å². The highest BCUT2D eigenvalue weighted by Gasteiger charge is 2.43. The second-order valence-electron chi connectivity index (χ2n) is 24.0. The van der Waals surface area contributed by atoms with Gasteiger partial charge in [-0.2, -0.15) is 0 Å². The van der Waals surface area contributed by atoms with Gasteiger partial charge in [0.25, 0.3) is 0 Å². The summed E-state index contributed by atoms with van der Waals surface area (Å²) in [6.07, 6.45) is 0. The molecule has 12 rings (SSSR count). The fourth-order valence-corrected chi connectivity index (χ4v) is 11.6. The first-order chi connectivity index (χ1) is 31.2. The van der Waals surface area contributed by atoms with Crippen molar-refractivity contribution in [2.24, 2.45) is 0 Å². The highest BCUT2D eigenvalue weighted by molar-refractivity contribution is 6.90. The Morgan fingerprint density at radius 3 is 1.73 bits per heavy atom. The smallest absolute Gasteiger partial charge is 0.333 e. The van der Waals surface area contributed by atoms with Gasteiger partial charge in [-0.25, -0.2) is 0 Å². The molecule has 3 heteroatoms. The van der Waals surface area contributed by atoms with Gasteiger partial charge in [0.05, 0.1) is 11.0 Å². The van der Waals surface area contributed by atoms with E-state index in [1.54, 1.807) is 0 Å². The zero-order valence-electron chi connectivity index (χ0n) is 41.2. The van der Waals surface area contributed by atoms with Crippen molar-refractivity contribution >= 4 is 72.2 Å². The Hall–Kier alpha value is -6.32. The number of fused-ring (bicyclic) bond motifs is 12. The molecule has 0 amide bonds. The molecule has 0 atom stereocenters. The second kappa shape index (κ2) is 13.4. The van der Waals surface area contributed by atoms with Crippen LogP contribution in [0.2, 0.25) is 0 Å². The van der Waals surface area contributed by atoms with E-state index in [1.165, 1.54) is 132 Å². The van der Waals surface area contributed by atoms with Gasteiger partial charge in [-0.05, 0) is 154 Å². The minimum absolute atomic E-state index is 0.00832. The van der Waals surface area contributed by atoms with Crippen LogP contribution in [0.25, 0.3) is 93.5 Å². The molecule has 0 unspecified atom stereocenters. The van der Waals surface area contributed by atoms with E-state index in [0.29, 0.717) is 0 Å². The SMILES string of the molecule is Cc1ccccc1-c1cc2c3c(c1)c1c4ccccc4ccc1n3-c1cc(-c3cc(C(C)(C)C)cc(C(C)(C)C)c3)cc3c1B2n1c2ccc(C(C)(C)C)cc2c2cc(C(C)(C)C)cc-3c21. The molecule has 326 valence electrons. The van der Waals surface area contributed by atoms with Gasteiger partial charge in [-0.15, -0.1) is 0 Å². The summed E-state index contributed by atoms with van der Waals surface area (Å²) in [5.74, 6) is 0. The van der Waals surface area contributed by atoms with Crippen LogP contribution >= 0.6 is 0 Å². The maximum atomic E-state index is 2.76. The lowest BCUT2D eigenvalue weighted by molar-refractivity contribution is 0.569. The monoisotopic (exact) mass is 856 g/mol. The Morgan fingerprint density at radius 1 is 0.409 bits per heavy atom. The number of benzene rings is 8. The second-order valence-corrected chi connectivity index (χ2v) is 24.0. The molecule has 4 heterocycles. The summed E-state index contributed by atoms with van der Waals surface area (Å²) in [4.78, 5) is 0. The number of nitrogens with zero attached hydrogens (tertiary/aromatic N) is 2. The van der Waals surface area contributed by atoms with E-state index in [9.17, 15) is 0 Å². The predicted molar refractivity (Wildman–Crippen MR) is 288 cm³/mol. The van der Waals surface area contributed by atoms with E-state index < -0.39 is 0 Å². The van der Waals surface area contributed by atoms with Gasteiger partial charge >= 0.3 is 6.85 Å². The third kappa shape index (κ3) is 5.87. The first-order valence-corrected chi connectivity index (χ1v) is 24.2. The average molecular weight is 857 g/mol. The van der Waals surface area contributed by atoms with Crippen LogP contribution in [-0.2, 0) is 21.7 Å². The minimum Gasteiger partial charge on any atom is -0.375 e. The van der Waals surface area contributed by atoms with E-state index in [4.69, 9.17) is 0 Å². The average Bonchev–Trinajstić information content (AvgIpc) is 3.78. The molecule has 0 spiro atoms. The lowest BCUT2D eigenvalue weighted by atomic mass is 9.45. The van der Waals surface area contributed by atoms with Crippen LogP contribution in [0.5, 0.6) is 0 Å². The highest BCUT2D eigenvalue weighted by Crippen LogP contribution is 2.48. The number of hydrogen-bond acceptors (Lipinski definition) is 0. The van der Waals surface area contributed by atoms with Crippen molar-refractivity contribution in [1.29, 1.82) is 0 Å². The molecule has 0 radical (unpaired) electrons. The van der Waals surface area contributed by atoms with E-state index in [0.717, 1.165) is 0 Å². The fraction of sp³-hybridized carbons (Fsp3) is 0.270. The number of aromatic nitrogens is 2. The van der Waals surface area contributed by atoms with Crippen molar-refractivity contribution in [2.45, 2.75) is 112 Å². The molecule has 0 fully saturated rings. The Morgan fingerprint density at radius 2 is 1.03 bits per heavy atom. The van der Waals surface area contributed by atoms with Gasteiger partial charge < -0.3 is 9.05 Å². The zero-order valence-corrected chi connectivity index (χ0v) is 41.2. The molecule has 2 aliphatic rings. The van der Waals surface area contributed by atoms with Crippen LogP contribution in [0.3, 0.4) is 0 Å². The molecule has 10 aromatic rings. The van der Waals surface area contributed by atoms with Crippen LogP contribution in [0.15, 0.2) is 133 Å². The molecule has 2 aliphatic heterocycles. The summed E-state index contributed by atoms with van der Waals surface area (Å²) in [5, 5.41) is 7.90. The number of aryl methyl sites for hydroxylation is 1. The largest absolute Gasteiger partial charge is 0.375 e. The normalized spacial score (nSPS) is 13.8. The van der Waals surface area contributed by atoms with Crippen molar-refractivity contribution in [3.05, 3.63) is 161 Å². The van der Waals surface area contributed by atoms with Crippen molar-refractivity contribution in [2.75, 3.05) is 0 Å². The molecule has 8 aromatic carbocycles. The maximum absolute atomic E-state index is 2.76. The van der Waals surface area contributed by atoms with Crippen LogP contribution in [0.4, 0.5) is 0 Å². The van der Waals surface area contributed by atoms with E-state index in [1.807, 2.05) is 0 Å². The van der Waals surface area contributed by atoms with E-state index in [2.05, 4.69) is 233 Å². The zero-order chi connectivity index (χ0) is 46.1. The van der Waals surface area contributed by atoms with Crippen LogP contribution in [-0.4, -0.2) is 15.9 Å². The molecular formula is C63H61BN2. The molecule has 2 aromatic heterocycles. The molecule has 0 saturated heterocycles. The molecular weight excluding hydrogens is 796 g/mol. The molecule has 0 N–H and O–H groups in total. The Balaban J connectivity index is 1.32. The van der Waals surface area contributed by atoms with Gasteiger partial charge in [0, 0.05) is 43.8 Å². The third-order valence-corrected chi connectivity index (χ3v) is 15.4. The summed E-state index contributed by atoms with van der Waals surface area (Å²) >= 11 is 0. The highest BCUT2D eigenvalue weighted by atomic mass is 15.0. The lowest BCUT2D eigenvalue weighted by Crippen LogP contribution is -2.55. The molecule has 0 aliphatic carbocycles. The van der Waals surface area contributed by atoms with Crippen molar-refractivity contribution < 1.29 is 0 Å². The summed E-state index contributed by atoms with van der Waals surface area (Å²) < 4.78 is 5.43. The molecule has 0 saturated carbocycles. The van der Waals surface area contributed by atoms with E-state index >= 15 is 0 Å². The number of rotatable bonds is 2. The quantitative estimate of drug-likeness (QED) is 0.153. The van der Waals surface area contributed by atoms with Gasteiger partial charge in [0.1, 0.15) is 0 Å². The van der Waals surface area contributed by atoms with Crippen LogP contribution in [0, 0.1) is 6.92 Å². The van der Waals surface area contributed by atoms with Crippen molar-refractivity contribution in [3.8, 4) is 39.1 Å². The Bertz CT molecular complexity index is 3710. The first kappa shape index (κ1) is 41.1. The summed E-state index contributed by atoms with van der Waals surface area (Å²) in [5.41, 5.74) is 23.7.